The second-order valence-corrected chi connectivity index (χ2v) is 6.70. The largest absolute Gasteiger partial charge is 0.493 e. The first-order chi connectivity index (χ1) is 13.4. The summed E-state index contributed by atoms with van der Waals surface area (Å²) in [6.45, 7) is 0. The predicted octanol–water partition coefficient (Wildman–Crippen LogP) is 2.74. The number of ether oxygens (including phenoxy) is 3. The number of benzene rings is 2. The zero-order valence-corrected chi connectivity index (χ0v) is 16.4. The Kier molecular flexibility index (Phi) is 5.73. The highest BCUT2D eigenvalue weighted by molar-refractivity contribution is 6.00. The van der Waals surface area contributed by atoms with Crippen molar-refractivity contribution in [1.29, 1.82) is 0 Å². The fourth-order valence-corrected chi connectivity index (χ4v) is 3.16. The highest BCUT2D eigenvalue weighted by atomic mass is 16.5. The average molecular weight is 384 g/mol. The van der Waals surface area contributed by atoms with E-state index in [0.717, 1.165) is 17.7 Å². The number of anilines is 1. The summed E-state index contributed by atoms with van der Waals surface area (Å²) < 4.78 is 16.6. The number of fused-ring (bicyclic) bond motifs is 1. The lowest BCUT2D eigenvalue weighted by atomic mass is 10.0. The number of carbonyl (C=O) groups is 2. The number of nitrogens with zero attached hydrogens (tertiary/aromatic N) is 1. The summed E-state index contributed by atoms with van der Waals surface area (Å²) in [5.41, 5.74) is 1.83. The van der Waals surface area contributed by atoms with E-state index in [1.807, 2.05) is 24.3 Å². The van der Waals surface area contributed by atoms with E-state index in [9.17, 15) is 9.59 Å². The normalized spacial score (nSPS) is 15.1. The third-order valence-corrected chi connectivity index (χ3v) is 4.60. The third kappa shape index (κ3) is 3.88. The van der Waals surface area contributed by atoms with Gasteiger partial charge in [0.05, 0.1) is 19.9 Å². The van der Waals surface area contributed by atoms with Crippen LogP contribution in [0.2, 0.25) is 0 Å². The monoisotopic (exact) mass is 384 g/mol. The van der Waals surface area contributed by atoms with E-state index < -0.39 is 6.10 Å². The van der Waals surface area contributed by atoms with Gasteiger partial charge in [-0.3, -0.25) is 9.59 Å². The van der Waals surface area contributed by atoms with Gasteiger partial charge in [-0.15, -0.1) is 0 Å². The molecule has 2 amide bonds. The molecule has 0 spiro atoms. The molecule has 0 saturated carbocycles. The van der Waals surface area contributed by atoms with Crippen LogP contribution in [0.5, 0.6) is 17.2 Å². The van der Waals surface area contributed by atoms with E-state index >= 15 is 0 Å². The molecule has 7 nitrogen and oxygen atoms in total. The highest BCUT2D eigenvalue weighted by Crippen LogP contribution is 2.37. The van der Waals surface area contributed by atoms with E-state index in [-0.39, 0.29) is 11.8 Å². The minimum absolute atomic E-state index is 0.209. The van der Waals surface area contributed by atoms with Crippen molar-refractivity contribution in [3.05, 3.63) is 47.5 Å². The van der Waals surface area contributed by atoms with Gasteiger partial charge in [0, 0.05) is 19.7 Å². The second-order valence-electron chi connectivity index (χ2n) is 6.70. The quantitative estimate of drug-likeness (QED) is 0.858. The van der Waals surface area contributed by atoms with E-state index in [4.69, 9.17) is 14.2 Å². The first kappa shape index (κ1) is 19.5. The Hall–Kier alpha value is -3.22. The van der Waals surface area contributed by atoms with Gasteiger partial charge in [0.1, 0.15) is 5.75 Å². The zero-order chi connectivity index (χ0) is 20.3. The first-order valence-corrected chi connectivity index (χ1v) is 8.97. The second kappa shape index (κ2) is 8.21. The molecular weight excluding hydrogens is 360 g/mol. The summed E-state index contributed by atoms with van der Waals surface area (Å²) in [6, 6.07) is 10.8. The van der Waals surface area contributed by atoms with Crippen LogP contribution in [0.25, 0.3) is 0 Å². The van der Waals surface area contributed by atoms with Gasteiger partial charge in [-0.25, -0.2) is 0 Å². The predicted molar refractivity (Wildman–Crippen MR) is 105 cm³/mol. The Morgan fingerprint density at radius 3 is 2.57 bits per heavy atom. The summed E-state index contributed by atoms with van der Waals surface area (Å²) in [5, 5.41) is 2.83. The van der Waals surface area contributed by atoms with Crippen LogP contribution >= 0.6 is 0 Å². The highest BCUT2D eigenvalue weighted by Gasteiger charge is 2.27. The fourth-order valence-electron chi connectivity index (χ4n) is 3.16. The molecule has 1 N–H and O–H groups in total. The number of methoxy groups -OCH3 is 2. The van der Waals surface area contributed by atoms with Crippen molar-refractivity contribution in [2.45, 2.75) is 18.9 Å². The minimum Gasteiger partial charge on any atom is -0.493 e. The number of hydrogen-bond acceptors (Lipinski definition) is 5. The molecule has 3 rings (SSSR count). The molecule has 1 unspecified atom stereocenters. The van der Waals surface area contributed by atoms with Gasteiger partial charge in [-0.05, 0) is 36.6 Å². The number of rotatable bonds is 5. The van der Waals surface area contributed by atoms with Crippen molar-refractivity contribution in [1.82, 2.24) is 4.90 Å². The third-order valence-electron chi connectivity index (χ3n) is 4.60. The maximum atomic E-state index is 12.8. The Morgan fingerprint density at radius 2 is 1.89 bits per heavy atom. The van der Waals surface area contributed by atoms with Crippen LogP contribution in [0.4, 0.5) is 5.69 Å². The van der Waals surface area contributed by atoms with Crippen LogP contribution in [-0.4, -0.2) is 51.1 Å². The molecule has 0 radical (unpaired) electrons. The molecule has 1 atom stereocenters. The number of hydrogen-bond donors (Lipinski definition) is 1. The summed E-state index contributed by atoms with van der Waals surface area (Å²) in [7, 11) is 6.28. The molecule has 2 aromatic carbocycles. The topological polar surface area (TPSA) is 77.1 Å². The van der Waals surface area contributed by atoms with Gasteiger partial charge in [-0.1, -0.05) is 18.2 Å². The van der Waals surface area contributed by atoms with Gasteiger partial charge in [0.25, 0.3) is 11.8 Å². The molecule has 1 aliphatic heterocycles. The van der Waals surface area contributed by atoms with Crippen molar-refractivity contribution in [3.8, 4) is 17.2 Å². The van der Waals surface area contributed by atoms with Gasteiger partial charge >= 0.3 is 0 Å². The molecule has 148 valence electrons. The molecule has 0 fully saturated rings. The Balaban J connectivity index is 1.87. The van der Waals surface area contributed by atoms with E-state index in [2.05, 4.69) is 5.32 Å². The van der Waals surface area contributed by atoms with E-state index in [1.165, 1.54) is 19.1 Å². The number of nitrogens with one attached hydrogen (secondary N) is 1. The summed E-state index contributed by atoms with van der Waals surface area (Å²) in [5.74, 6) is 0.918. The molecule has 1 heterocycles. The van der Waals surface area contributed by atoms with Crippen LogP contribution in [-0.2, 0) is 11.2 Å². The first-order valence-electron chi connectivity index (χ1n) is 8.97. The van der Waals surface area contributed by atoms with Crippen molar-refractivity contribution < 1.29 is 23.8 Å². The van der Waals surface area contributed by atoms with Gasteiger partial charge in [-0.2, -0.15) is 0 Å². The van der Waals surface area contributed by atoms with Crippen LogP contribution < -0.4 is 19.5 Å². The Bertz CT molecular complexity index is 894. The minimum atomic E-state index is -0.626. The fraction of sp³-hybridized carbons (Fsp3) is 0.333. The maximum Gasteiger partial charge on any atom is 0.265 e. The average Bonchev–Trinajstić information content (AvgIpc) is 2.71. The van der Waals surface area contributed by atoms with Crippen molar-refractivity contribution in [3.63, 3.8) is 0 Å². The number of aryl methyl sites for hydroxylation is 1. The van der Waals surface area contributed by atoms with E-state index in [1.54, 1.807) is 26.2 Å². The van der Waals surface area contributed by atoms with Crippen LogP contribution in [0, 0.1) is 0 Å². The Labute approximate surface area is 164 Å². The number of carbonyl (C=O) groups excluding carboxylic acids is 2. The van der Waals surface area contributed by atoms with Gasteiger partial charge in [0.15, 0.2) is 17.6 Å². The molecule has 0 saturated heterocycles. The van der Waals surface area contributed by atoms with Crippen molar-refractivity contribution in [2.75, 3.05) is 33.6 Å². The lowest BCUT2D eigenvalue weighted by molar-refractivity contribution is -0.123. The maximum absolute atomic E-state index is 12.8. The van der Waals surface area contributed by atoms with E-state index in [0.29, 0.717) is 29.2 Å². The molecule has 2 aromatic rings. The molecular formula is C21H24N2O5. The van der Waals surface area contributed by atoms with Crippen LogP contribution in [0.15, 0.2) is 36.4 Å². The standard InChI is InChI=1S/C21H24N2O5/c1-23(2)21(25)14-11-15(19(27-4)18(12-14)26-3)22-20(24)17-10-9-13-7-5-6-8-16(13)28-17/h5-8,11-12,17H,9-10H2,1-4H3,(H,22,24). The summed E-state index contributed by atoms with van der Waals surface area (Å²) >= 11 is 0. The van der Waals surface area contributed by atoms with Crippen molar-refractivity contribution >= 4 is 17.5 Å². The lowest BCUT2D eigenvalue weighted by Gasteiger charge is -2.25. The molecule has 1 aliphatic rings. The summed E-state index contributed by atoms with van der Waals surface area (Å²) in [4.78, 5) is 26.7. The molecule has 7 heteroatoms. The zero-order valence-electron chi connectivity index (χ0n) is 16.4. The number of amides is 2. The SMILES string of the molecule is COc1cc(C(=O)N(C)C)cc(NC(=O)C2CCc3ccccc3O2)c1OC. The molecule has 0 aromatic heterocycles. The Morgan fingerprint density at radius 1 is 1.14 bits per heavy atom. The van der Waals surface area contributed by atoms with Gasteiger partial charge < -0.3 is 24.4 Å². The number of para-hydroxylation sites is 1. The molecule has 0 bridgehead atoms. The van der Waals surface area contributed by atoms with Gasteiger partial charge in [0.2, 0.25) is 0 Å². The molecule has 28 heavy (non-hydrogen) atoms. The van der Waals surface area contributed by atoms with Crippen LogP contribution in [0.1, 0.15) is 22.3 Å². The smallest absolute Gasteiger partial charge is 0.265 e. The van der Waals surface area contributed by atoms with Crippen LogP contribution in [0.3, 0.4) is 0 Å². The summed E-state index contributed by atoms with van der Waals surface area (Å²) in [6.07, 6.45) is 0.700. The van der Waals surface area contributed by atoms with Crippen molar-refractivity contribution in [2.24, 2.45) is 0 Å². The lowest BCUT2D eigenvalue weighted by Crippen LogP contribution is -2.36. The molecule has 0 aliphatic carbocycles.